The Morgan fingerprint density at radius 1 is 1.29 bits per heavy atom. The van der Waals surface area contributed by atoms with Crippen molar-refractivity contribution < 1.29 is 28.9 Å². The molecule has 0 bridgehead atoms. The average molecular weight is 435 g/mol. The number of nitrogens with one attached hydrogen (secondary N) is 2. The number of aliphatic hydroxyl groups is 1. The fraction of sp³-hybridized carbons (Fsp3) is 0.556. The van der Waals surface area contributed by atoms with Gasteiger partial charge in [-0.3, -0.25) is 4.79 Å². The molecule has 1 heterocycles. The summed E-state index contributed by atoms with van der Waals surface area (Å²) in [6.45, 7) is 5.00. The molecule has 1 aromatic carbocycles. The second kappa shape index (κ2) is 9.28. The van der Waals surface area contributed by atoms with E-state index >= 15 is 0 Å². The molecule has 1 fully saturated rings. The SMILES string of the molecule is CC(C)(C)OC(=O)NC(CO)C(=O)NCC1(c2ccc(Cl)cc2Cl)OCCO1. The minimum Gasteiger partial charge on any atom is -0.444 e. The standard InChI is InChI=1S/C18H24Cl2N2O6/c1-17(2,3)28-16(25)22-14(9-23)15(24)21-10-18(26-6-7-27-18)12-5-4-11(19)8-13(12)20/h4-5,8,14,23H,6-7,9-10H2,1-3H3,(H,21,24)(H,22,25). The monoisotopic (exact) mass is 434 g/mol. The topological polar surface area (TPSA) is 106 Å². The lowest BCUT2D eigenvalue weighted by Gasteiger charge is -2.30. The van der Waals surface area contributed by atoms with Crippen LogP contribution in [0.4, 0.5) is 4.79 Å². The number of benzene rings is 1. The molecule has 1 atom stereocenters. The van der Waals surface area contributed by atoms with Gasteiger partial charge < -0.3 is 30.0 Å². The molecule has 1 unspecified atom stereocenters. The van der Waals surface area contributed by atoms with Crippen molar-refractivity contribution in [2.45, 2.75) is 38.2 Å². The Kier molecular flexibility index (Phi) is 7.52. The van der Waals surface area contributed by atoms with E-state index in [1.807, 2.05) is 0 Å². The minimum absolute atomic E-state index is 0.0836. The van der Waals surface area contributed by atoms with Gasteiger partial charge in [-0.05, 0) is 32.9 Å². The summed E-state index contributed by atoms with van der Waals surface area (Å²) in [5.41, 5.74) is -0.224. The average Bonchev–Trinajstić information content (AvgIpc) is 3.05. The second-order valence-corrected chi connectivity index (χ2v) is 8.02. The maximum absolute atomic E-state index is 12.4. The first-order valence-electron chi connectivity index (χ1n) is 8.68. The zero-order valence-corrected chi connectivity index (χ0v) is 17.4. The summed E-state index contributed by atoms with van der Waals surface area (Å²) in [4.78, 5) is 24.3. The molecule has 0 spiro atoms. The number of ether oxygens (including phenoxy) is 3. The molecule has 1 aromatic rings. The van der Waals surface area contributed by atoms with Crippen molar-refractivity contribution in [3.05, 3.63) is 33.8 Å². The van der Waals surface area contributed by atoms with Crippen LogP contribution in [0.5, 0.6) is 0 Å². The fourth-order valence-electron chi connectivity index (χ4n) is 2.58. The van der Waals surface area contributed by atoms with Crippen molar-refractivity contribution in [1.29, 1.82) is 0 Å². The Morgan fingerprint density at radius 3 is 2.46 bits per heavy atom. The van der Waals surface area contributed by atoms with Crippen molar-refractivity contribution in [3.63, 3.8) is 0 Å². The molecule has 0 saturated carbocycles. The third kappa shape index (κ3) is 5.96. The first-order valence-corrected chi connectivity index (χ1v) is 9.43. The van der Waals surface area contributed by atoms with Gasteiger partial charge in [0.15, 0.2) is 0 Å². The quantitative estimate of drug-likeness (QED) is 0.633. The molecular formula is C18H24Cl2N2O6. The molecule has 0 aliphatic carbocycles. The number of amides is 2. The van der Waals surface area contributed by atoms with E-state index in [4.69, 9.17) is 37.4 Å². The predicted octanol–water partition coefficient (Wildman–Crippen LogP) is 2.19. The van der Waals surface area contributed by atoms with E-state index in [1.54, 1.807) is 39.0 Å². The number of hydrogen-bond acceptors (Lipinski definition) is 6. The Labute approximate surface area is 173 Å². The Bertz CT molecular complexity index is 717. The summed E-state index contributed by atoms with van der Waals surface area (Å²) in [7, 11) is 0. The summed E-state index contributed by atoms with van der Waals surface area (Å²) in [6.07, 6.45) is -0.814. The molecule has 156 valence electrons. The fourth-order valence-corrected chi connectivity index (χ4v) is 3.13. The van der Waals surface area contributed by atoms with E-state index < -0.39 is 36.0 Å². The molecule has 8 nitrogen and oxygen atoms in total. The van der Waals surface area contributed by atoms with E-state index in [9.17, 15) is 14.7 Å². The largest absolute Gasteiger partial charge is 0.444 e. The molecule has 1 aliphatic heterocycles. The van der Waals surface area contributed by atoms with Crippen molar-refractivity contribution in [2.75, 3.05) is 26.4 Å². The van der Waals surface area contributed by atoms with Gasteiger partial charge in [0.05, 0.1) is 31.4 Å². The number of halogens is 2. The van der Waals surface area contributed by atoms with Crippen LogP contribution in [0, 0.1) is 0 Å². The van der Waals surface area contributed by atoms with E-state index in [1.165, 1.54) is 0 Å². The number of aliphatic hydroxyl groups excluding tert-OH is 1. The Morgan fingerprint density at radius 2 is 1.93 bits per heavy atom. The third-order valence-electron chi connectivity index (χ3n) is 3.78. The summed E-state index contributed by atoms with van der Waals surface area (Å²) >= 11 is 12.2. The summed E-state index contributed by atoms with van der Waals surface area (Å²) in [6, 6.07) is 3.64. The van der Waals surface area contributed by atoms with Crippen molar-refractivity contribution in [3.8, 4) is 0 Å². The molecule has 2 amide bonds. The van der Waals surface area contributed by atoms with Crippen LogP contribution in [0.3, 0.4) is 0 Å². The van der Waals surface area contributed by atoms with Gasteiger partial charge in [0.25, 0.3) is 0 Å². The highest BCUT2D eigenvalue weighted by Crippen LogP contribution is 2.36. The molecule has 1 aliphatic rings. The lowest BCUT2D eigenvalue weighted by Crippen LogP contribution is -2.52. The third-order valence-corrected chi connectivity index (χ3v) is 4.33. The van der Waals surface area contributed by atoms with Crippen molar-refractivity contribution in [2.24, 2.45) is 0 Å². The highest BCUT2D eigenvalue weighted by atomic mass is 35.5. The van der Waals surface area contributed by atoms with Crippen LogP contribution >= 0.6 is 23.2 Å². The van der Waals surface area contributed by atoms with Crippen LogP contribution in [0.1, 0.15) is 26.3 Å². The van der Waals surface area contributed by atoms with Gasteiger partial charge in [-0.25, -0.2) is 4.79 Å². The zero-order valence-electron chi connectivity index (χ0n) is 15.9. The normalized spacial score (nSPS) is 17.1. The molecule has 28 heavy (non-hydrogen) atoms. The van der Waals surface area contributed by atoms with Gasteiger partial charge in [-0.15, -0.1) is 0 Å². The number of carbonyl (C=O) groups is 2. The van der Waals surface area contributed by atoms with Crippen LogP contribution in [0.15, 0.2) is 18.2 Å². The van der Waals surface area contributed by atoms with Gasteiger partial charge in [-0.1, -0.05) is 29.3 Å². The van der Waals surface area contributed by atoms with Gasteiger partial charge in [0, 0.05) is 10.6 Å². The maximum atomic E-state index is 12.4. The maximum Gasteiger partial charge on any atom is 0.408 e. The number of alkyl carbamates (subject to hydrolysis) is 1. The highest BCUT2D eigenvalue weighted by Gasteiger charge is 2.41. The van der Waals surface area contributed by atoms with Crippen LogP contribution in [0.25, 0.3) is 0 Å². The summed E-state index contributed by atoms with van der Waals surface area (Å²) in [5.74, 6) is -1.92. The molecular weight excluding hydrogens is 411 g/mol. The number of rotatable bonds is 6. The number of carbonyl (C=O) groups excluding carboxylic acids is 2. The van der Waals surface area contributed by atoms with Gasteiger partial charge in [0.1, 0.15) is 11.6 Å². The van der Waals surface area contributed by atoms with Gasteiger partial charge in [-0.2, -0.15) is 0 Å². The molecule has 10 heteroatoms. The predicted molar refractivity (Wildman–Crippen MR) is 103 cm³/mol. The Balaban J connectivity index is 2.06. The van der Waals surface area contributed by atoms with Crippen LogP contribution < -0.4 is 10.6 Å². The lowest BCUT2D eigenvalue weighted by molar-refractivity contribution is -0.165. The molecule has 1 saturated heterocycles. The van der Waals surface area contributed by atoms with Crippen molar-refractivity contribution in [1.82, 2.24) is 10.6 Å². The highest BCUT2D eigenvalue weighted by molar-refractivity contribution is 6.35. The summed E-state index contributed by atoms with van der Waals surface area (Å²) in [5, 5.41) is 15.2. The first-order chi connectivity index (χ1) is 13.1. The van der Waals surface area contributed by atoms with E-state index in [-0.39, 0.29) is 6.54 Å². The van der Waals surface area contributed by atoms with Gasteiger partial charge in [0.2, 0.25) is 11.7 Å². The summed E-state index contributed by atoms with van der Waals surface area (Å²) < 4.78 is 16.5. The van der Waals surface area contributed by atoms with E-state index in [0.717, 1.165) is 0 Å². The molecule has 3 N–H and O–H groups in total. The van der Waals surface area contributed by atoms with Crippen molar-refractivity contribution >= 4 is 35.2 Å². The Hall–Kier alpha value is -1.58. The second-order valence-electron chi connectivity index (χ2n) is 7.17. The smallest absolute Gasteiger partial charge is 0.408 e. The molecule has 2 rings (SSSR count). The van der Waals surface area contributed by atoms with Gasteiger partial charge >= 0.3 is 6.09 Å². The van der Waals surface area contributed by atoms with Crippen LogP contribution in [-0.2, 0) is 24.8 Å². The zero-order chi connectivity index (χ0) is 20.9. The lowest BCUT2D eigenvalue weighted by atomic mass is 10.1. The van der Waals surface area contributed by atoms with E-state index in [2.05, 4.69) is 10.6 Å². The molecule has 0 aromatic heterocycles. The number of hydrogen-bond donors (Lipinski definition) is 3. The molecule has 0 radical (unpaired) electrons. The van der Waals surface area contributed by atoms with Crippen LogP contribution in [-0.4, -0.2) is 55.1 Å². The minimum atomic E-state index is -1.29. The first kappa shape index (κ1) is 22.7. The van der Waals surface area contributed by atoms with E-state index in [0.29, 0.717) is 28.8 Å². The van der Waals surface area contributed by atoms with Crippen LogP contribution in [0.2, 0.25) is 10.0 Å².